The molecule has 1 aromatic carbocycles. The summed E-state index contributed by atoms with van der Waals surface area (Å²) < 4.78 is 8.08. The van der Waals surface area contributed by atoms with Gasteiger partial charge in [-0.1, -0.05) is 23.7 Å². The monoisotopic (exact) mass is 346 g/mol. The molecule has 3 rings (SSSR count). The van der Waals surface area contributed by atoms with E-state index in [2.05, 4.69) is 4.90 Å². The van der Waals surface area contributed by atoms with Crippen molar-refractivity contribution in [3.63, 3.8) is 0 Å². The molecular formula is C19H23ClN2O2. The van der Waals surface area contributed by atoms with E-state index in [4.69, 9.17) is 16.3 Å². The quantitative estimate of drug-likeness (QED) is 0.769. The average molecular weight is 347 g/mol. The zero-order valence-corrected chi connectivity index (χ0v) is 14.9. The fourth-order valence-electron chi connectivity index (χ4n) is 3.09. The minimum Gasteiger partial charge on any atom is -0.489 e. The first-order valence-electron chi connectivity index (χ1n) is 8.32. The normalized spacial score (nSPS) is 16.3. The molecule has 0 atom stereocenters. The minimum atomic E-state index is 0.115. The number of hydrogen-bond donors (Lipinski definition) is 0. The van der Waals surface area contributed by atoms with E-state index in [1.807, 2.05) is 48.1 Å². The number of aromatic nitrogens is 1. The lowest BCUT2D eigenvalue weighted by atomic mass is 10.1. The zero-order chi connectivity index (χ0) is 17.1. The molecule has 0 bridgehead atoms. The van der Waals surface area contributed by atoms with E-state index in [1.54, 1.807) is 6.92 Å². The molecule has 1 aliphatic rings. The number of rotatable bonds is 5. The smallest absolute Gasteiger partial charge is 0.161 e. The fraction of sp³-hybridized carbons (Fsp3) is 0.421. The second-order valence-electron chi connectivity index (χ2n) is 6.41. The van der Waals surface area contributed by atoms with E-state index in [1.165, 1.54) is 5.69 Å². The zero-order valence-electron chi connectivity index (χ0n) is 14.2. The van der Waals surface area contributed by atoms with E-state index < -0.39 is 0 Å². The molecule has 1 fully saturated rings. The Hall–Kier alpha value is -1.78. The van der Waals surface area contributed by atoms with Crippen molar-refractivity contribution in [2.45, 2.75) is 32.4 Å². The fourth-order valence-corrected chi connectivity index (χ4v) is 3.27. The van der Waals surface area contributed by atoms with E-state index in [0.717, 1.165) is 43.8 Å². The maximum absolute atomic E-state index is 11.5. The highest BCUT2D eigenvalue weighted by Crippen LogP contribution is 2.27. The summed E-state index contributed by atoms with van der Waals surface area (Å²) >= 11 is 6.16. The SMILES string of the molecule is CC(=O)c1cc(CN2CCC(Oc3ccccc3Cl)CC2)n(C)c1. The van der Waals surface area contributed by atoms with E-state index in [9.17, 15) is 4.79 Å². The van der Waals surface area contributed by atoms with Crippen LogP contribution in [0.5, 0.6) is 5.75 Å². The molecular weight excluding hydrogens is 324 g/mol. The first-order chi connectivity index (χ1) is 11.5. The van der Waals surface area contributed by atoms with Gasteiger partial charge in [-0.3, -0.25) is 9.69 Å². The first kappa shape index (κ1) is 17.1. The molecule has 0 N–H and O–H groups in total. The molecule has 128 valence electrons. The number of carbonyl (C=O) groups excluding carboxylic acids is 1. The number of benzene rings is 1. The predicted octanol–water partition coefficient (Wildman–Crippen LogP) is 3.92. The highest BCUT2D eigenvalue weighted by atomic mass is 35.5. The molecule has 5 heteroatoms. The molecule has 0 radical (unpaired) electrons. The number of Topliss-reactive ketones (excluding diaryl/α,β-unsaturated/α-hetero) is 1. The average Bonchev–Trinajstić information content (AvgIpc) is 2.93. The Morgan fingerprint density at radius 2 is 2.00 bits per heavy atom. The Morgan fingerprint density at radius 1 is 1.29 bits per heavy atom. The number of piperidine rings is 1. The van der Waals surface area contributed by atoms with Crippen LogP contribution in [0.25, 0.3) is 0 Å². The summed E-state index contributed by atoms with van der Waals surface area (Å²) in [5.74, 6) is 0.884. The van der Waals surface area contributed by atoms with Crippen molar-refractivity contribution in [1.82, 2.24) is 9.47 Å². The molecule has 0 aliphatic carbocycles. The Morgan fingerprint density at radius 3 is 2.62 bits per heavy atom. The van der Waals surface area contributed by atoms with Crippen LogP contribution in [0.4, 0.5) is 0 Å². The summed E-state index contributed by atoms with van der Waals surface area (Å²) in [5, 5.41) is 0.667. The van der Waals surface area contributed by atoms with Gasteiger partial charge in [-0.25, -0.2) is 0 Å². The van der Waals surface area contributed by atoms with Gasteiger partial charge in [-0.05, 0) is 38.0 Å². The molecule has 0 unspecified atom stereocenters. The number of hydrogen-bond acceptors (Lipinski definition) is 3. The Kier molecular flexibility index (Phi) is 5.27. The Balaban J connectivity index is 1.54. The molecule has 0 amide bonds. The number of carbonyl (C=O) groups is 1. The summed E-state index contributed by atoms with van der Waals surface area (Å²) in [7, 11) is 2.00. The molecule has 1 aromatic heterocycles. The van der Waals surface area contributed by atoms with Crippen LogP contribution < -0.4 is 4.74 Å². The number of halogens is 1. The van der Waals surface area contributed by atoms with Crippen molar-refractivity contribution >= 4 is 17.4 Å². The minimum absolute atomic E-state index is 0.115. The molecule has 4 nitrogen and oxygen atoms in total. The van der Waals surface area contributed by atoms with Gasteiger partial charge in [-0.15, -0.1) is 0 Å². The summed E-state index contributed by atoms with van der Waals surface area (Å²) in [5.41, 5.74) is 1.95. The molecule has 24 heavy (non-hydrogen) atoms. The predicted molar refractivity (Wildman–Crippen MR) is 95.8 cm³/mol. The number of ketones is 1. The van der Waals surface area contributed by atoms with Crippen LogP contribution in [-0.4, -0.2) is 34.4 Å². The lowest BCUT2D eigenvalue weighted by Crippen LogP contribution is -2.38. The van der Waals surface area contributed by atoms with Crippen molar-refractivity contribution in [3.05, 3.63) is 52.8 Å². The Labute approximate surface area is 148 Å². The summed E-state index contributed by atoms with van der Waals surface area (Å²) in [6.07, 6.45) is 4.08. The number of para-hydroxylation sites is 1. The second-order valence-corrected chi connectivity index (χ2v) is 6.82. The molecule has 2 heterocycles. The van der Waals surface area contributed by atoms with Crippen molar-refractivity contribution < 1.29 is 9.53 Å². The van der Waals surface area contributed by atoms with Gasteiger partial charge in [0.15, 0.2) is 5.78 Å². The van der Waals surface area contributed by atoms with Crippen LogP contribution in [0.1, 0.15) is 35.8 Å². The summed E-state index contributed by atoms with van der Waals surface area (Å²) in [6.45, 7) is 4.44. The van der Waals surface area contributed by atoms with Gasteiger partial charge in [-0.2, -0.15) is 0 Å². The Bertz CT molecular complexity index is 718. The van der Waals surface area contributed by atoms with Gasteiger partial charge in [0.1, 0.15) is 11.9 Å². The number of nitrogens with zero attached hydrogens (tertiary/aromatic N) is 2. The maximum atomic E-state index is 11.5. The van der Waals surface area contributed by atoms with Crippen LogP contribution in [0.2, 0.25) is 5.02 Å². The van der Waals surface area contributed by atoms with Crippen LogP contribution >= 0.6 is 11.6 Å². The summed E-state index contributed by atoms with van der Waals surface area (Å²) in [4.78, 5) is 13.9. The maximum Gasteiger partial charge on any atom is 0.161 e. The lowest BCUT2D eigenvalue weighted by molar-refractivity contribution is 0.0957. The van der Waals surface area contributed by atoms with Crippen LogP contribution in [0, 0.1) is 0 Å². The van der Waals surface area contributed by atoms with Gasteiger partial charge in [0.2, 0.25) is 0 Å². The van der Waals surface area contributed by atoms with E-state index in [-0.39, 0.29) is 11.9 Å². The topological polar surface area (TPSA) is 34.5 Å². The molecule has 1 aliphatic heterocycles. The van der Waals surface area contributed by atoms with E-state index >= 15 is 0 Å². The third kappa shape index (κ3) is 4.00. The van der Waals surface area contributed by atoms with Crippen molar-refractivity contribution in [1.29, 1.82) is 0 Å². The molecule has 2 aromatic rings. The molecule has 0 saturated carbocycles. The van der Waals surface area contributed by atoms with Gasteiger partial charge in [0.25, 0.3) is 0 Å². The van der Waals surface area contributed by atoms with Crippen LogP contribution in [0.3, 0.4) is 0 Å². The first-order valence-corrected chi connectivity index (χ1v) is 8.70. The van der Waals surface area contributed by atoms with Crippen molar-refractivity contribution in [3.8, 4) is 5.75 Å². The van der Waals surface area contributed by atoms with Crippen LogP contribution in [0.15, 0.2) is 36.5 Å². The number of ether oxygens (including phenoxy) is 1. The standard InChI is InChI=1S/C19H23ClN2O2/c1-14(23)15-11-16(21(2)12-15)13-22-9-7-17(8-10-22)24-19-6-4-3-5-18(19)20/h3-6,11-12,17H,7-10,13H2,1-2H3. The highest BCUT2D eigenvalue weighted by molar-refractivity contribution is 6.32. The third-order valence-corrected chi connectivity index (χ3v) is 4.88. The summed E-state index contributed by atoms with van der Waals surface area (Å²) in [6, 6.07) is 9.62. The van der Waals surface area contributed by atoms with Gasteiger partial charge >= 0.3 is 0 Å². The molecule has 0 spiro atoms. The number of likely N-dealkylation sites (tertiary alicyclic amines) is 1. The van der Waals surface area contributed by atoms with Crippen molar-refractivity contribution in [2.24, 2.45) is 7.05 Å². The lowest BCUT2D eigenvalue weighted by Gasteiger charge is -2.32. The second kappa shape index (κ2) is 7.41. The highest BCUT2D eigenvalue weighted by Gasteiger charge is 2.22. The van der Waals surface area contributed by atoms with Crippen molar-refractivity contribution in [2.75, 3.05) is 13.1 Å². The third-order valence-electron chi connectivity index (χ3n) is 4.56. The van der Waals surface area contributed by atoms with Gasteiger partial charge in [0, 0.05) is 44.1 Å². The number of aryl methyl sites for hydroxylation is 1. The van der Waals surface area contributed by atoms with Crippen LogP contribution in [-0.2, 0) is 13.6 Å². The largest absolute Gasteiger partial charge is 0.489 e. The molecule has 1 saturated heterocycles. The van der Waals surface area contributed by atoms with Gasteiger partial charge in [0.05, 0.1) is 5.02 Å². The van der Waals surface area contributed by atoms with Gasteiger partial charge < -0.3 is 9.30 Å². The van der Waals surface area contributed by atoms with E-state index in [0.29, 0.717) is 5.02 Å².